The third kappa shape index (κ3) is 13.0. The highest BCUT2D eigenvalue weighted by molar-refractivity contribution is 5.78. The average molecular weight is 536 g/mol. The Labute approximate surface area is 226 Å². The van der Waals surface area contributed by atoms with Crippen molar-refractivity contribution in [1.29, 1.82) is 0 Å². The average Bonchev–Trinajstić information content (AvgIpc) is 2.75. The first kappa shape index (κ1) is 33.1. The van der Waals surface area contributed by atoms with Crippen molar-refractivity contribution in [3.63, 3.8) is 0 Å². The normalized spacial score (nSPS) is 14.2. The maximum atomic E-state index is 12.5. The second kappa shape index (κ2) is 14.3. The van der Waals surface area contributed by atoms with Crippen LogP contribution in [0.5, 0.6) is 11.5 Å². The van der Waals surface area contributed by atoms with E-state index in [0.717, 1.165) is 0 Å². The molecule has 1 aromatic carbocycles. The SMILES string of the molecule is CCC(C)C(=O)OC[C@H](C)OC(=O)[C@@H](N)Cc1ccc(OC(=O)CC(C)(C)C)c(OC(=O)CC(C)(C)C)c1. The van der Waals surface area contributed by atoms with Crippen molar-refractivity contribution in [3.8, 4) is 11.5 Å². The zero-order valence-corrected chi connectivity index (χ0v) is 24.3. The lowest BCUT2D eigenvalue weighted by molar-refractivity contribution is -0.160. The summed E-state index contributed by atoms with van der Waals surface area (Å²) in [6, 6.07) is 3.68. The lowest BCUT2D eigenvalue weighted by Crippen LogP contribution is -2.37. The fraction of sp³-hybridized carbons (Fsp3) is 0.655. The first-order chi connectivity index (χ1) is 17.4. The van der Waals surface area contributed by atoms with E-state index >= 15 is 0 Å². The molecule has 1 rings (SSSR count). The van der Waals surface area contributed by atoms with Crippen LogP contribution in [-0.2, 0) is 35.1 Å². The van der Waals surface area contributed by atoms with Gasteiger partial charge >= 0.3 is 23.9 Å². The number of hydrogen-bond donors (Lipinski definition) is 1. The van der Waals surface area contributed by atoms with Crippen molar-refractivity contribution in [2.75, 3.05) is 6.61 Å². The van der Waals surface area contributed by atoms with Gasteiger partial charge in [-0.05, 0) is 48.3 Å². The van der Waals surface area contributed by atoms with Gasteiger partial charge in [0.15, 0.2) is 11.5 Å². The molecule has 0 radical (unpaired) electrons. The van der Waals surface area contributed by atoms with Crippen LogP contribution < -0.4 is 15.2 Å². The van der Waals surface area contributed by atoms with E-state index in [2.05, 4.69) is 0 Å². The van der Waals surface area contributed by atoms with Gasteiger partial charge in [0, 0.05) is 0 Å². The smallest absolute Gasteiger partial charge is 0.323 e. The van der Waals surface area contributed by atoms with E-state index in [1.807, 2.05) is 48.5 Å². The van der Waals surface area contributed by atoms with Crippen molar-refractivity contribution in [1.82, 2.24) is 0 Å². The third-order valence-corrected chi connectivity index (χ3v) is 5.36. The van der Waals surface area contributed by atoms with Gasteiger partial charge in [-0.3, -0.25) is 19.2 Å². The fourth-order valence-corrected chi connectivity index (χ4v) is 3.19. The zero-order valence-electron chi connectivity index (χ0n) is 24.3. The maximum Gasteiger partial charge on any atom is 0.323 e. The number of hydrogen-bond acceptors (Lipinski definition) is 9. The minimum Gasteiger partial charge on any atom is -0.462 e. The Bertz CT molecular complexity index is 974. The van der Waals surface area contributed by atoms with Crippen LogP contribution in [0, 0.1) is 16.7 Å². The highest BCUT2D eigenvalue weighted by Crippen LogP contribution is 2.32. The summed E-state index contributed by atoms with van der Waals surface area (Å²) in [5.74, 6) is -2.00. The summed E-state index contributed by atoms with van der Waals surface area (Å²) in [6.45, 7) is 16.7. The standard InChI is InChI=1S/C29H45NO8/c1-10-18(2)26(33)35-17-19(3)36-27(34)21(30)13-20-11-12-22(37-24(31)15-28(4,5)6)23(14-20)38-25(32)16-29(7,8)9/h11-12,14,18-19,21H,10,13,15-17,30H2,1-9H3/t18?,19-,21-/m0/s1. The molecule has 1 unspecified atom stereocenters. The topological polar surface area (TPSA) is 131 Å². The van der Waals surface area contributed by atoms with E-state index in [4.69, 9.17) is 24.7 Å². The Balaban J connectivity index is 2.95. The van der Waals surface area contributed by atoms with Gasteiger partial charge in [-0.15, -0.1) is 0 Å². The number of nitrogens with two attached hydrogens (primary N) is 1. The fourth-order valence-electron chi connectivity index (χ4n) is 3.19. The molecule has 0 aliphatic carbocycles. The largest absolute Gasteiger partial charge is 0.462 e. The minimum atomic E-state index is -1.02. The molecule has 0 amide bonds. The first-order valence-electron chi connectivity index (χ1n) is 13.1. The quantitative estimate of drug-likeness (QED) is 0.297. The molecule has 9 heteroatoms. The van der Waals surface area contributed by atoms with Gasteiger partial charge in [0.25, 0.3) is 0 Å². The molecule has 38 heavy (non-hydrogen) atoms. The maximum absolute atomic E-state index is 12.5. The van der Waals surface area contributed by atoms with Gasteiger partial charge < -0.3 is 24.7 Å². The first-order valence-corrected chi connectivity index (χ1v) is 13.1. The summed E-state index contributed by atoms with van der Waals surface area (Å²) >= 11 is 0. The molecule has 1 aromatic rings. The third-order valence-electron chi connectivity index (χ3n) is 5.36. The van der Waals surface area contributed by atoms with Crippen LogP contribution >= 0.6 is 0 Å². The Morgan fingerprint density at radius 2 is 1.37 bits per heavy atom. The summed E-state index contributed by atoms with van der Waals surface area (Å²) in [7, 11) is 0. The molecule has 0 saturated carbocycles. The van der Waals surface area contributed by atoms with Crippen LogP contribution in [0.1, 0.15) is 87.1 Å². The van der Waals surface area contributed by atoms with Gasteiger partial charge in [0.05, 0.1) is 18.8 Å². The molecular weight excluding hydrogens is 490 g/mol. The Morgan fingerprint density at radius 1 is 0.842 bits per heavy atom. The second-order valence-corrected chi connectivity index (χ2v) is 12.2. The zero-order chi connectivity index (χ0) is 29.3. The van der Waals surface area contributed by atoms with E-state index in [1.54, 1.807) is 19.9 Å². The van der Waals surface area contributed by atoms with Crippen LogP contribution in [-0.4, -0.2) is 42.6 Å². The minimum absolute atomic E-state index is 0.0653. The number of esters is 4. The highest BCUT2D eigenvalue weighted by Gasteiger charge is 2.24. The van der Waals surface area contributed by atoms with Gasteiger partial charge in [0.2, 0.25) is 0 Å². The molecule has 2 N–H and O–H groups in total. The molecule has 214 valence electrons. The molecule has 0 spiro atoms. The van der Waals surface area contributed by atoms with E-state index in [9.17, 15) is 19.2 Å². The summed E-state index contributed by atoms with van der Waals surface area (Å²) in [5, 5.41) is 0. The van der Waals surface area contributed by atoms with Crippen LogP contribution in [0.2, 0.25) is 0 Å². The summed E-state index contributed by atoms with van der Waals surface area (Å²) in [5.41, 5.74) is 6.07. The van der Waals surface area contributed by atoms with Crippen molar-refractivity contribution < 1.29 is 38.1 Å². The predicted octanol–water partition coefficient (Wildman–Crippen LogP) is 4.76. The molecule has 0 bridgehead atoms. The molecule has 0 fully saturated rings. The van der Waals surface area contributed by atoms with Gasteiger partial charge in [0.1, 0.15) is 18.8 Å². The number of rotatable bonds is 12. The van der Waals surface area contributed by atoms with Crippen LogP contribution in [0.15, 0.2) is 18.2 Å². The Hall–Kier alpha value is -2.94. The van der Waals surface area contributed by atoms with Crippen molar-refractivity contribution in [3.05, 3.63) is 23.8 Å². The molecule has 9 nitrogen and oxygen atoms in total. The highest BCUT2D eigenvalue weighted by atomic mass is 16.6. The van der Waals surface area contributed by atoms with Crippen LogP contribution in [0.3, 0.4) is 0 Å². The summed E-state index contributed by atoms with van der Waals surface area (Å²) < 4.78 is 21.6. The van der Waals surface area contributed by atoms with E-state index < -0.39 is 30.1 Å². The lowest BCUT2D eigenvalue weighted by atomic mass is 9.92. The van der Waals surface area contributed by atoms with Gasteiger partial charge in [-0.25, -0.2) is 0 Å². The van der Waals surface area contributed by atoms with Gasteiger partial charge in [-0.1, -0.05) is 61.5 Å². The van der Waals surface area contributed by atoms with Crippen molar-refractivity contribution in [2.45, 2.75) is 100 Å². The predicted molar refractivity (Wildman–Crippen MR) is 144 cm³/mol. The van der Waals surface area contributed by atoms with Crippen LogP contribution in [0.4, 0.5) is 0 Å². The van der Waals surface area contributed by atoms with E-state index in [1.165, 1.54) is 12.1 Å². The molecule has 0 aromatic heterocycles. The summed E-state index contributed by atoms with van der Waals surface area (Å²) in [4.78, 5) is 49.3. The van der Waals surface area contributed by atoms with Crippen LogP contribution in [0.25, 0.3) is 0 Å². The second-order valence-electron chi connectivity index (χ2n) is 12.2. The van der Waals surface area contributed by atoms with E-state index in [-0.39, 0.29) is 60.1 Å². The Morgan fingerprint density at radius 3 is 1.87 bits per heavy atom. The molecule has 0 saturated heterocycles. The summed E-state index contributed by atoms with van der Waals surface area (Å²) in [6.07, 6.45) is 0.391. The van der Waals surface area contributed by atoms with Crippen molar-refractivity contribution >= 4 is 23.9 Å². The number of carbonyl (C=O) groups excluding carboxylic acids is 4. The number of carbonyl (C=O) groups is 4. The molecule has 0 heterocycles. The molecular formula is C29H45NO8. The van der Waals surface area contributed by atoms with E-state index in [0.29, 0.717) is 12.0 Å². The Kier molecular flexibility index (Phi) is 12.4. The monoisotopic (exact) mass is 535 g/mol. The van der Waals surface area contributed by atoms with Crippen molar-refractivity contribution in [2.24, 2.45) is 22.5 Å². The number of benzene rings is 1. The molecule has 0 aliphatic rings. The molecule has 0 aliphatic heterocycles. The van der Waals surface area contributed by atoms with Gasteiger partial charge in [-0.2, -0.15) is 0 Å². The number of ether oxygens (including phenoxy) is 4. The lowest BCUT2D eigenvalue weighted by Gasteiger charge is -2.20. The molecule has 3 atom stereocenters.